The molecule has 4 heteroatoms. The molecule has 4 nitrogen and oxygen atoms in total. The van der Waals surface area contributed by atoms with E-state index >= 15 is 0 Å². The second kappa shape index (κ2) is 6.95. The van der Waals surface area contributed by atoms with Gasteiger partial charge in [0, 0.05) is 25.7 Å². The van der Waals surface area contributed by atoms with Crippen molar-refractivity contribution in [1.82, 2.24) is 4.90 Å². The highest BCUT2D eigenvalue weighted by Crippen LogP contribution is 2.29. The molecule has 1 aromatic carbocycles. The Morgan fingerprint density at radius 3 is 2.70 bits per heavy atom. The SMILES string of the molecule is CCCOc1ccc(CN2CC(C)C(N)C2)cc1OC. The third kappa shape index (κ3) is 3.64. The summed E-state index contributed by atoms with van der Waals surface area (Å²) in [5.74, 6) is 2.21. The average Bonchev–Trinajstić information content (AvgIpc) is 2.75. The van der Waals surface area contributed by atoms with E-state index in [4.69, 9.17) is 15.2 Å². The standard InChI is InChI=1S/C16H26N2O2/c1-4-7-20-15-6-5-13(8-16(15)19-3)10-18-9-12(2)14(17)11-18/h5-6,8,12,14H,4,7,9-11,17H2,1-3H3. The number of nitrogens with two attached hydrogens (primary N) is 1. The van der Waals surface area contributed by atoms with Crippen molar-refractivity contribution in [2.24, 2.45) is 11.7 Å². The molecule has 0 saturated carbocycles. The minimum absolute atomic E-state index is 0.295. The maximum atomic E-state index is 6.07. The molecule has 20 heavy (non-hydrogen) atoms. The fourth-order valence-electron chi connectivity index (χ4n) is 2.62. The summed E-state index contributed by atoms with van der Waals surface area (Å²) in [5, 5.41) is 0. The summed E-state index contributed by atoms with van der Waals surface area (Å²) in [4.78, 5) is 2.40. The molecule has 112 valence electrons. The molecule has 2 N–H and O–H groups in total. The molecule has 1 aliphatic rings. The summed E-state index contributed by atoms with van der Waals surface area (Å²) < 4.78 is 11.1. The van der Waals surface area contributed by atoms with Crippen molar-refractivity contribution in [3.63, 3.8) is 0 Å². The van der Waals surface area contributed by atoms with Crippen LogP contribution in [0.1, 0.15) is 25.8 Å². The van der Waals surface area contributed by atoms with E-state index in [2.05, 4.69) is 30.9 Å². The Kier molecular flexibility index (Phi) is 5.26. The molecule has 1 fully saturated rings. The zero-order valence-electron chi connectivity index (χ0n) is 12.8. The van der Waals surface area contributed by atoms with Gasteiger partial charge in [0.25, 0.3) is 0 Å². The predicted octanol–water partition coefficient (Wildman–Crippen LogP) is 2.26. The molecule has 0 radical (unpaired) electrons. The molecule has 1 aromatic rings. The summed E-state index contributed by atoms with van der Waals surface area (Å²) in [6.45, 7) is 7.98. The average molecular weight is 278 g/mol. The molecule has 0 aliphatic carbocycles. The number of hydrogen-bond acceptors (Lipinski definition) is 4. The Hall–Kier alpha value is -1.26. The molecule has 2 unspecified atom stereocenters. The fourth-order valence-corrected chi connectivity index (χ4v) is 2.62. The van der Waals surface area contributed by atoms with Gasteiger partial charge in [0.05, 0.1) is 13.7 Å². The molecule has 0 amide bonds. The number of hydrogen-bond donors (Lipinski definition) is 1. The van der Waals surface area contributed by atoms with E-state index in [1.165, 1.54) is 5.56 Å². The van der Waals surface area contributed by atoms with Crippen LogP contribution < -0.4 is 15.2 Å². The van der Waals surface area contributed by atoms with Crippen molar-refractivity contribution in [3.8, 4) is 11.5 Å². The molecule has 1 aliphatic heterocycles. The van der Waals surface area contributed by atoms with Gasteiger partial charge in [0.1, 0.15) is 0 Å². The van der Waals surface area contributed by atoms with Crippen LogP contribution in [0.4, 0.5) is 0 Å². The van der Waals surface area contributed by atoms with Crippen molar-refractivity contribution in [2.45, 2.75) is 32.9 Å². The highest BCUT2D eigenvalue weighted by molar-refractivity contribution is 5.43. The van der Waals surface area contributed by atoms with Gasteiger partial charge in [-0.15, -0.1) is 0 Å². The zero-order valence-corrected chi connectivity index (χ0v) is 12.8. The smallest absolute Gasteiger partial charge is 0.161 e. The first kappa shape index (κ1) is 15.1. The second-order valence-electron chi connectivity index (χ2n) is 5.67. The van der Waals surface area contributed by atoms with Crippen LogP contribution >= 0.6 is 0 Å². The zero-order chi connectivity index (χ0) is 14.5. The summed E-state index contributed by atoms with van der Waals surface area (Å²) in [5.41, 5.74) is 7.31. The Bertz CT molecular complexity index is 426. The van der Waals surface area contributed by atoms with Crippen LogP contribution in [-0.2, 0) is 6.54 Å². The molecule has 0 aromatic heterocycles. The van der Waals surface area contributed by atoms with E-state index in [0.717, 1.165) is 37.6 Å². The lowest BCUT2D eigenvalue weighted by Crippen LogP contribution is -2.28. The number of nitrogens with zero attached hydrogens (tertiary/aromatic N) is 1. The van der Waals surface area contributed by atoms with Crippen molar-refractivity contribution in [3.05, 3.63) is 23.8 Å². The van der Waals surface area contributed by atoms with Gasteiger partial charge in [-0.25, -0.2) is 0 Å². The van der Waals surface area contributed by atoms with Crippen LogP contribution in [0.15, 0.2) is 18.2 Å². The molecule has 2 rings (SSSR count). The summed E-state index contributed by atoms with van der Waals surface area (Å²) in [7, 11) is 1.69. The van der Waals surface area contributed by atoms with Crippen LogP contribution in [0.25, 0.3) is 0 Å². The fraction of sp³-hybridized carbons (Fsp3) is 0.625. The first-order chi connectivity index (χ1) is 9.63. The lowest BCUT2D eigenvalue weighted by molar-refractivity contribution is 0.292. The second-order valence-corrected chi connectivity index (χ2v) is 5.67. The molecule has 0 bridgehead atoms. The summed E-state index contributed by atoms with van der Waals surface area (Å²) in [6.07, 6.45) is 0.995. The van der Waals surface area contributed by atoms with Gasteiger partial charge in [-0.05, 0) is 30.0 Å². The van der Waals surface area contributed by atoms with Gasteiger partial charge in [0.2, 0.25) is 0 Å². The van der Waals surface area contributed by atoms with Crippen LogP contribution in [0.5, 0.6) is 11.5 Å². The lowest BCUT2D eigenvalue weighted by atomic mass is 10.1. The minimum Gasteiger partial charge on any atom is -0.493 e. The van der Waals surface area contributed by atoms with Crippen LogP contribution in [0, 0.1) is 5.92 Å². The summed E-state index contributed by atoms with van der Waals surface area (Å²) >= 11 is 0. The Morgan fingerprint density at radius 2 is 2.10 bits per heavy atom. The molecular formula is C16H26N2O2. The number of ether oxygens (including phenoxy) is 2. The first-order valence-corrected chi connectivity index (χ1v) is 7.41. The molecule has 2 atom stereocenters. The largest absolute Gasteiger partial charge is 0.493 e. The van der Waals surface area contributed by atoms with Crippen LogP contribution in [-0.4, -0.2) is 37.7 Å². The van der Waals surface area contributed by atoms with Gasteiger partial charge in [0.15, 0.2) is 11.5 Å². The van der Waals surface area contributed by atoms with Gasteiger partial charge < -0.3 is 15.2 Å². The Balaban J connectivity index is 2.02. The van der Waals surface area contributed by atoms with E-state index in [0.29, 0.717) is 18.6 Å². The lowest BCUT2D eigenvalue weighted by Gasteiger charge is -2.17. The molecular weight excluding hydrogens is 252 g/mol. The minimum atomic E-state index is 0.295. The van der Waals surface area contributed by atoms with E-state index in [1.807, 2.05) is 6.07 Å². The molecule has 1 saturated heterocycles. The van der Waals surface area contributed by atoms with Gasteiger partial charge in [-0.1, -0.05) is 19.9 Å². The maximum absolute atomic E-state index is 6.07. The normalized spacial score (nSPS) is 23.0. The van der Waals surface area contributed by atoms with Crippen LogP contribution in [0.2, 0.25) is 0 Å². The van der Waals surface area contributed by atoms with Gasteiger partial charge in [-0.3, -0.25) is 4.90 Å². The van der Waals surface area contributed by atoms with Crippen molar-refractivity contribution < 1.29 is 9.47 Å². The number of likely N-dealkylation sites (tertiary alicyclic amines) is 1. The van der Waals surface area contributed by atoms with Crippen molar-refractivity contribution >= 4 is 0 Å². The van der Waals surface area contributed by atoms with Crippen molar-refractivity contribution in [1.29, 1.82) is 0 Å². The summed E-state index contributed by atoms with van der Waals surface area (Å²) in [6, 6.07) is 6.48. The van der Waals surface area contributed by atoms with Gasteiger partial charge in [-0.2, -0.15) is 0 Å². The maximum Gasteiger partial charge on any atom is 0.161 e. The topological polar surface area (TPSA) is 47.7 Å². The van der Waals surface area contributed by atoms with E-state index in [-0.39, 0.29) is 0 Å². The third-order valence-electron chi connectivity index (χ3n) is 3.84. The highest BCUT2D eigenvalue weighted by Gasteiger charge is 2.26. The number of methoxy groups -OCH3 is 1. The van der Waals surface area contributed by atoms with E-state index in [1.54, 1.807) is 7.11 Å². The van der Waals surface area contributed by atoms with E-state index < -0.39 is 0 Å². The monoisotopic (exact) mass is 278 g/mol. The van der Waals surface area contributed by atoms with Crippen LogP contribution in [0.3, 0.4) is 0 Å². The van der Waals surface area contributed by atoms with E-state index in [9.17, 15) is 0 Å². The highest BCUT2D eigenvalue weighted by atomic mass is 16.5. The third-order valence-corrected chi connectivity index (χ3v) is 3.84. The van der Waals surface area contributed by atoms with Gasteiger partial charge >= 0.3 is 0 Å². The molecule has 1 heterocycles. The Labute approximate surface area is 121 Å². The molecule has 0 spiro atoms. The van der Waals surface area contributed by atoms with Crippen molar-refractivity contribution in [2.75, 3.05) is 26.8 Å². The Morgan fingerprint density at radius 1 is 1.30 bits per heavy atom. The predicted molar refractivity (Wildman–Crippen MR) is 81.2 cm³/mol. The number of benzene rings is 1. The quantitative estimate of drug-likeness (QED) is 0.867. The number of rotatable bonds is 6. The first-order valence-electron chi connectivity index (χ1n) is 7.41.